The van der Waals surface area contributed by atoms with Gasteiger partial charge in [-0.05, 0) is 12.1 Å². The minimum Gasteiger partial charge on any atom is -0.445 e. The number of fused-ring (bicyclic) bond motifs is 1. The third kappa shape index (κ3) is 3.43. The predicted octanol–water partition coefficient (Wildman–Crippen LogP) is 3.45. The number of benzene rings is 1. The summed E-state index contributed by atoms with van der Waals surface area (Å²) in [4.78, 5) is 23.0. The molecule has 0 atom stereocenters. The molecule has 2 aromatic heterocycles. The highest BCUT2D eigenvalue weighted by atomic mass is 16.4. The van der Waals surface area contributed by atoms with Crippen molar-refractivity contribution in [3.05, 3.63) is 42.1 Å². The monoisotopic (exact) mass is 340 g/mol. The molecule has 6 heteroatoms. The van der Waals surface area contributed by atoms with E-state index in [1.54, 1.807) is 18.1 Å². The van der Waals surface area contributed by atoms with Gasteiger partial charge >= 0.3 is 0 Å². The number of anilines is 1. The number of para-hydroxylation sites is 2. The predicted molar refractivity (Wildman–Crippen MR) is 97.6 cm³/mol. The molecule has 6 nitrogen and oxygen atoms in total. The quantitative estimate of drug-likeness (QED) is 0.730. The Morgan fingerprint density at radius 1 is 1.28 bits per heavy atom. The maximum absolute atomic E-state index is 12.6. The van der Waals surface area contributed by atoms with Gasteiger partial charge in [-0.1, -0.05) is 32.9 Å². The Labute approximate surface area is 147 Å². The molecule has 0 radical (unpaired) electrons. The molecule has 3 rings (SSSR count). The highest BCUT2D eigenvalue weighted by molar-refractivity contribution is 5.93. The third-order valence-electron chi connectivity index (χ3n) is 4.28. The van der Waals surface area contributed by atoms with E-state index in [1.807, 2.05) is 35.9 Å². The zero-order valence-electron chi connectivity index (χ0n) is 15.4. The van der Waals surface area contributed by atoms with Crippen LogP contribution in [0.5, 0.6) is 0 Å². The Kier molecular flexibility index (Phi) is 4.37. The Bertz CT molecular complexity index is 902. The molecule has 0 N–H and O–H groups in total. The van der Waals surface area contributed by atoms with Gasteiger partial charge in [-0.15, -0.1) is 0 Å². The summed E-state index contributed by atoms with van der Waals surface area (Å²) in [5.74, 6) is 2.04. The summed E-state index contributed by atoms with van der Waals surface area (Å²) in [6.07, 6.45) is 2.54. The highest BCUT2D eigenvalue weighted by Crippen LogP contribution is 2.24. The number of nitrogens with zero attached hydrogens (tertiary/aromatic N) is 4. The zero-order chi connectivity index (χ0) is 18.2. The lowest BCUT2D eigenvalue weighted by Crippen LogP contribution is -2.28. The van der Waals surface area contributed by atoms with Crippen LogP contribution in [0.3, 0.4) is 0 Å². The Balaban J connectivity index is 1.70. The molecule has 0 aliphatic rings. The molecule has 0 bridgehead atoms. The maximum Gasteiger partial charge on any atom is 0.229 e. The third-order valence-corrected chi connectivity index (χ3v) is 4.28. The molecule has 0 fully saturated rings. The fourth-order valence-electron chi connectivity index (χ4n) is 2.70. The van der Waals surface area contributed by atoms with Gasteiger partial charge in [0, 0.05) is 32.4 Å². The van der Waals surface area contributed by atoms with Crippen LogP contribution in [0.15, 0.2) is 34.9 Å². The number of oxazole rings is 1. The number of carbonyl (C=O) groups is 1. The smallest absolute Gasteiger partial charge is 0.229 e. The molecule has 0 unspecified atom stereocenters. The first-order valence-corrected chi connectivity index (χ1v) is 8.40. The summed E-state index contributed by atoms with van der Waals surface area (Å²) in [7, 11) is 3.66. The van der Waals surface area contributed by atoms with E-state index in [2.05, 4.69) is 30.7 Å². The van der Waals surface area contributed by atoms with Crippen molar-refractivity contribution in [3.8, 4) is 0 Å². The van der Waals surface area contributed by atoms with Gasteiger partial charge in [0.15, 0.2) is 5.89 Å². The largest absolute Gasteiger partial charge is 0.445 e. The number of hydrogen-bond acceptors (Lipinski definition) is 4. The van der Waals surface area contributed by atoms with Crippen molar-refractivity contribution in [2.45, 2.75) is 39.0 Å². The Morgan fingerprint density at radius 3 is 2.64 bits per heavy atom. The van der Waals surface area contributed by atoms with Crippen LogP contribution >= 0.6 is 0 Å². The molecule has 2 heterocycles. The molecule has 0 aliphatic heterocycles. The molecule has 132 valence electrons. The zero-order valence-corrected chi connectivity index (χ0v) is 15.4. The average molecular weight is 340 g/mol. The van der Waals surface area contributed by atoms with Crippen LogP contribution in [0, 0.1) is 0 Å². The molecule has 1 amide bonds. The number of imidazole rings is 1. The van der Waals surface area contributed by atoms with Crippen LogP contribution in [-0.2, 0) is 23.7 Å². The van der Waals surface area contributed by atoms with Crippen LogP contribution in [0.1, 0.15) is 38.8 Å². The van der Waals surface area contributed by atoms with Crippen LogP contribution in [0.2, 0.25) is 0 Å². The normalized spacial score (nSPS) is 11.9. The van der Waals surface area contributed by atoms with Crippen molar-refractivity contribution < 1.29 is 9.21 Å². The summed E-state index contributed by atoms with van der Waals surface area (Å²) in [5, 5.41) is 0. The first-order chi connectivity index (χ1) is 11.8. The van der Waals surface area contributed by atoms with Crippen molar-refractivity contribution >= 4 is 22.9 Å². The second-order valence-corrected chi connectivity index (χ2v) is 7.28. The van der Waals surface area contributed by atoms with Crippen LogP contribution < -0.4 is 4.90 Å². The summed E-state index contributed by atoms with van der Waals surface area (Å²) < 4.78 is 7.68. The van der Waals surface area contributed by atoms with E-state index in [1.165, 1.54) is 0 Å². The lowest BCUT2D eigenvalue weighted by atomic mass is 9.94. The fraction of sp³-hybridized carbons (Fsp3) is 0.421. The van der Waals surface area contributed by atoms with Crippen molar-refractivity contribution in [3.63, 3.8) is 0 Å². The molecular weight excluding hydrogens is 316 g/mol. The number of amides is 1. The van der Waals surface area contributed by atoms with Crippen LogP contribution in [0.4, 0.5) is 5.95 Å². The van der Waals surface area contributed by atoms with Crippen molar-refractivity contribution in [1.29, 1.82) is 0 Å². The van der Waals surface area contributed by atoms with E-state index >= 15 is 0 Å². The van der Waals surface area contributed by atoms with Gasteiger partial charge in [0.05, 0.1) is 17.2 Å². The van der Waals surface area contributed by atoms with E-state index < -0.39 is 0 Å². The first-order valence-electron chi connectivity index (χ1n) is 8.40. The summed E-state index contributed by atoms with van der Waals surface area (Å²) in [6, 6.07) is 7.84. The van der Waals surface area contributed by atoms with E-state index in [9.17, 15) is 4.79 Å². The Hall–Kier alpha value is -2.63. The molecule has 3 aromatic rings. The summed E-state index contributed by atoms with van der Waals surface area (Å²) in [5.41, 5.74) is 1.79. The van der Waals surface area contributed by atoms with Crippen molar-refractivity contribution in [2.24, 2.45) is 7.05 Å². The second-order valence-electron chi connectivity index (χ2n) is 7.28. The van der Waals surface area contributed by atoms with Crippen LogP contribution in [-0.4, -0.2) is 27.5 Å². The van der Waals surface area contributed by atoms with E-state index in [0.29, 0.717) is 24.7 Å². The SMILES string of the molecule is CN(C(=O)CCc1ncc(C(C)(C)C)o1)c1nc2ccccc2n1C. The molecule has 25 heavy (non-hydrogen) atoms. The van der Waals surface area contributed by atoms with Gasteiger partial charge < -0.3 is 8.98 Å². The number of aromatic nitrogens is 3. The molecule has 0 saturated heterocycles. The lowest BCUT2D eigenvalue weighted by molar-refractivity contribution is -0.118. The summed E-state index contributed by atoms with van der Waals surface area (Å²) in [6.45, 7) is 6.21. The van der Waals surface area contributed by atoms with Gasteiger partial charge in [0.1, 0.15) is 5.76 Å². The number of hydrogen-bond donors (Lipinski definition) is 0. The van der Waals surface area contributed by atoms with Gasteiger partial charge in [-0.3, -0.25) is 9.69 Å². The molecule has 0 saturated carbocycles. The first kappa shape index (κ1) is 17.2. The van der Waals surface area contributed by atoms with Crippen molar-refractivity contribution in [1.82, 2.24) is 14.5 Å². The maximum atomic E-state index is 12.6. The van der Waals surface area contributed by atoms with Gasteiger partial charge in [-0.25, -0.2) is 9.97 Å². The van der Waals surface area contributed by atoms with E-state index in [0.717, 1.165) is 16.8 Å². The van der Waals surface area contributed by atoms with Crippen molar-refractivity contribution in [2.75, 3.05) is 11.9 Å². The average Bonchev–Trinajstić information content (AvgIpc) is 3.17. The molecule has 1 aromatic carbocycles. The fourth-order valence-corrected chi connectivity index (χ4v) is 2.70. The lowest BCUT2D eigenvalue weighted by Gasteiger charge is -2.16. The molecule has 0 aliphatic carbocycles. The highest BCUT2D eigenvalue weighted by Gasteiger charge is 2.21. The molecule has 0 spiro atoms. The minimum atomic E-state index is -0.0842. The van der Waals surface area contributed by atoms with Gasteiger partial charge in [-0.2, -0.15) is 0 Å². The summed E-state index contributed by atoms with van der Waals surface area (Å²) >= 11 is 0. The number of aryl methyl sites for hydroxylation is 2. The minimum absolute atomic E-state index is 0.0195. The van der Waals surface area contributed by atoms with Gasteiger partial charge in [0.25, 0.3) is 0 Å². The van der Waals surface area contributed by atoms with E-state index in [4.69, 9.17) is 4.42 Å². The van der Waals surface area contributed by atoms with E-state index in [-0.39, 0.29) is 11.3 Å². The topological polar surface area (TPSA) is 64.2 Å². The number of rotatable bonds is 4. The second kappa shape index (κ2) is 6.35. The Morgan fingerprint density at radius 2 is 2.00 bits per heavy atom. The number of carbonyl (C=O) groups excluding carboxylic acids is 1. The molecular formula is C19H24N4O2. The van der Waals surface area contributed by atoms with Gasteiger partial charge in [0.2, 0.25) is 11.9 Å². The van der Waals surface area contributed by atoms with Crippen LogP contribution in [0.25, 0.3) is 11.0 Å². The standard InChI is InChI=1S/C19H24N4O2/c1-19(2,3)15-12-20-16(25-15)10-11-17(24)23(5)18-21-13-8-6-7-9-14(13)22(18)4/h6-9,12H,10-11H2,1-5H3.